The summed E-state index contributed by atoms with van der Waals surface area (Å²) in [6.07, 6.45) is 0.251. The molecule has 0 aliphatic carbocycles. The molecule has 0 unspecified atom stereocenters. The molecule has 1 aliphatic heterocycles. The van der Waals surface area contributed by atoms with Gasteiger partial charge in [0.2, 0.25) is 5.91 Å². The third-order valence-corrected chi connectivity index (χ3v) is 3.76. The normalized spacial score (nSPS) is 13.7. The standard InChI is InChI=1S/C18H17NO4/c1-22-14-6-4-7-15(12-14)23-10-9-19-17(20)11-13-5-2-3-8-16(13)18(19)21/h2-8,12H,9-11H2,1H3. The van der Waals surface area contributed by atoms with E-state index in [0.717, 1.165) is 5.56 Å². The number of nitrogens with zero attached hydrogens (tertiary/aromatic N) is 1. The van der Waals surface area contributed by atoms with Crippen LogP contribution < -0.4 is 9.47 Å². The lowest BCUT2D eigenvalue weighted by molar-refractivity contribution is -0.128. The van der Waals surface area contributed by atoms with Crippen LogP contribution in [0.15, 0.2) is 48.5 Å². The largest absolute Gasteiger partial charge is 0.497 e. The molecule has 118 valence electrons. The van der Waals surface area contributed by atoms with Crippen molar-refractivity contribution in [2.75, 3.05) is 20.3 Å². The fraction of sp³-hybridized carbons (Fsp3) is 0.222. The number of hydrogen-bond donors (Lipinski definition) is 0. The molecule has 0 saturated carbocycles. The number of ether oxygens (including phenoxy) is 2. The average molecular weight is 311 g/mol. The van der Waals surface area contributed by atoms with Crippen LogP contribution in [-0.2, 0) is 11.2 Å². The molecular formula is C18H17NO4. The Morgan fingerprint density at radius 2 is 1.83 bits per heavy atom. The van der Waals surface area contributed by atoms with Gasteiger partial charge in [0.15, 0.2) is 0 Å². The van der Waals surface area contributed by atoms with E-state index < -0.39 is 0 Å². The summed E-state index contributed by atoms with van der Waals surface area (Å²) in [7, 11) is 1.58. The van der Waals surface area contributed by atoms with Crippen molar-refractivity contribution in [2.45, 2.75) is 6.42 Å². The van der Waals surface area contributed by atoms with Gasteiger partial charge in [-0.1, -0.05) is 24.3 Å². The van der Waals surface area contributed by atoms with Crippen LogP contribution in [0.1, 0.15) is 15.9 Å². The van der Waals surface area contributed by atoms with Gasteiger partial charge in [-0.3, -0.25) is 14.5 Å². The van der Waals surface area contributed by atoms with E-state index >= 15 is 0 Å². The number of hydrogen-bond acceptors (Lipinski definition) is 4. The van der Waals surface area contributed by atoms with Crippen molar-refractivity contribution in [3.8, 4) is 11.5 Å². The molecule has 0 spiro atoms. The molecule has 2 amide bonds. The first kappa shape index (κ1) is 15.1. The molecular weight excluding hydrogens is 294 g/mol. The third kappa shape index (κ3) is 3.18. The van der Waals surface area contributed by atoms with Crippen LogP contribution in [-0.4, -0.2) is 37.0 Å². The molecule has 2 aromatic rings. The molecule has 0 saturated heterocycles. The molecule has 0 aromatic heterocycles. The number of carbonyl (C=O) groups is 2. The minimum atomic E-state index is -0.258. The van der Waals surface area contributed by atoms with Crippen molar-refractivity contribution < 1.29 is 19.1 Å². The highest BCUT2D eigenvalue weighted by Gasteiger charge is 2.30. The van der Waals surface area contributed by atoms with Gasteiger partial charge < -0.3 is 9.47 Å². The van der Waals surface area contributed by atoms with E-state index in [4.69, 9.17) is 9.47 Å². The summed E-state index contributed by atoms with van der Waals surface area (Å²) in [6.45, 7) is 0.468. The zero-order valence-electron chi connectivity index (χ0n) is 12.8. The van der Waals surface area contributed by atoms with Gasteiger partial charge in [-0.05, 0) is 23.8 Å². The fourth-order valence-electron chi connectivity index (χ4n) is 2.57. The van der Waals surface area contributed by atoms with Gasteiger partial charge in [-0.25, -0.2) is 0 Å². The van der Waals surface area contributed by atoms with E-state index in [0.29, 0.717) is 17.1 Å². The maximum atomic E-state index is 12.4. The maximum absolute atomic E-state index is 12.4. The molecule has 23 heavy (non-hydrogen) atoms. The summed E-state index contributed by atoms with van der Waals surface area (Å²) in [4.78, 5) is 25.8. The smallest absolute Gasteiger partial charge is 0.260 e. The summed E-state index contributed by atoms with van der Waals surface area (Å²) in [5.41, 5.74) is 1.38. The van der Waals surface area contributed by atoms with Crippen LogP contribution in [0.4, 0.5) is 0 Å². The Hall–Kier alpha value is -2.82. The third-order valence-electron chi connectivity index (χ3n) is 3.76. The molecule has 5 heteroatoms. The number of fused-ring (bicyclic) bond motifs is 1. The first-order chi connectivity index (χ1) is 11.2. The highest BCUT2D eigenvalue weighted by molar-refractivity contribution is 6.09. The lowest BCUT2D eigenvalue weighted by Gasteiger charge is -2.26. The molecule has 0 atom stereocenters. The Bertz CT molecular complexity index is 741. The quantitative estimate of drug-likeness (QED) is 0.795. The zero-order valence-corrected chi connectivity index (χ0v) is 12.8. The second kappa shape index (κ2) is 6.52. The Morgan fingerprint density at radius 1 is 1.04 bits per heavy atom. The second-order valence-corrected chi connectivity index (χ2v) is 5.21. The van der Waals surface area contributed by atoms with Crippen molar-refractivity contribution in [1.29, 1.82) is 0 Å². The summed E-state index contributed by atoms with van der Waals surface area (Å²) in [5.74, 6) is 0.886. The predicted octanol–water partition coefficient (Wildman–Crippen LogP) is 2.30. The van der Waals surface area contributed by atoms with Crippen LogP contribution in [0.2, 0.25) is 0 Å². The zero-order chi connectivity index (χ0) is 16.2. The van der Waals surface area contributed by atoms with E-state index in [2.05, 4.69) is 0 Å². The predicted molar refractivity (Wildman–Crippen MR) is 84.7 cm³/mol. The highest BCUT2D eigenvalue weighted by Crippen LogP contribution is 2.21. The molecule has 2 aromatic carbocycles. The summed E-state index contributed by atoms with van der Waals surface area (Å²) < 4.78 is 10.7. The van der Waals surface area contributed by atoms with Crippen molar-refractivity contribution in [3.63, 3.8) is 0 Å². The Balaban J connectivity index is 1.64. The number of rotatable bonds is 5. The van der Waals surface area contributed by atoms with Gasteiger partial charge in [0, 0.05) is 11.6 Å². The first-order valence-electron chi connectivity index (χ1n) is 7.38. The Kier molecular flexibility index (Phi) is 4.28. The van der Waals surface area contributed by atoms with Crippen molar-refractivity contribution in [3.05, 3.63) is 59.7 Å². The lowest BCUT2D eigenvalue weighted by atomic mass is 9.99. The molecule has 0 bridgehead atoms. The van der Waals surface area contributed by atoms with E-state index in [9.17, 15) is 9.59 Å². The SMILES string of the molecule is COc1cccc(OCCN2C(=O)Cc3ccccc3C2=O)c1. The molecule has 0 fully saturated rings. The molecule has 0 N–H and O–H groups in total. The van der Waals surface area contributed by atoms with E-state index in [1.54, 1.807) is 31.4 Å². The summed E-state index contributed by atoms with van der Waals surface area (Å²) in [6, 6.07) is 14.4. The van der Waals surface area contributed by atoms with Gasteiger partial charge in [-0.2, -0.15) is 0 Å². The lowest BCUT2D eigenvalue weighted by Crippen LogP contribution is -2.44. The van der Waals surface area contributed by atoms with Crippen LogP contribution in [0.3, 0.4) is 0 Å². The van der Waals surface area contributed by atoms with Crippen molar-refractivity contribution >= 4 is 11.8 Å². The maximum Gasteiger partial charge on any atom is 0.260 e. The van der Waals surface area contributed by atoms with Crippen LogP contribution >= 0.6 is 0 Å². The van der Waals surface area contributed by atoms with E-state index in [1.807, 2.05) is 24.3 Å². The molecule has 1 aliphatic rings. The van der Waals surface area contributed by atoms with Gasteiger partial charge >= 0.3 is 0 Å². The van der Waals surface area contributed by atoms with Gasteiger partial charge in [-0.15, -0.1) is 0 Å². The summed E-state index contributed by atoms with van der Waals surface area (Å²) >= 11 is 0. The summed E-state index contributed by atoms with van der Waals surface area (Å²) in [5, 5.41) is 0. The average Bonchev–Trinajstić information content (AvgIpc) is 2.58. The molecule has 0 radical (unpaired) electrons. The fourth-order valence-corrected chi connectivity index (χ4v) is 2.57. The van der Waals surface area contributed by atoms with Gasteiger partial charge in [0.05, 0.1) is 20.1 Å². The van der Waals surface area contributed by atoms with E-state index in [-0.39, 0.29) is 31.4 Å². The monoisotopic (exact) mass is 311 g/mol. The van der Waals surface area contributed by atoms with Gasteiger partial charge in [0.25, 0.3) is 5.91 Å². The van der Waals surface area contributed by atoms with Crippen LogP contribution in [0.5, 0.6) is 11.5 Å². The Labute approximate surface area is 134 Å². The number of benzene rings is 2. The van der Waals surface area contributed by atoms with E-state index in [1.165, 1.54) is 4.90 Å². The minimum Gasteiger partial charge on any atom is -0.497 e. The molecule has 5 nitrogen and oxygen atoms in total. The molecule has 1 heterocycles. The number of amides is 2. The second-order valence-electron chi connectivity index (χ2n) is 5.21. The van der Waals surface area contributed by atoms with Crippen molar-refractivity contribution in [2.24, 2.45) is 0 Å². The topological polar surface area (TPSA) is 55.8 Å². The minimum absolute atomic E-state index is 0.192. The van der Waals surface area contributed by atoms with Crippen molar-refractivity contribution in [1.82, 2.24) is 4.90 Å². The number of imide groups is 1. The number of methoxy groups -OCH3 is 1. The highest BCUT2D eigenvalue weighted by atomic mass is 16.5. The van der Waals surface area contributed by atoms with Crippen LogP contribution in [0, 0.1) is 0 Å². The Morgan fingerprint density at radius 3 is 2.65 bits per heavy atom. The van der Waals surface area contributed by atoms with Crippen LogP contribution in [0.25, 0.3) is 0 Å². The van der Waals surface area contributed by atoms with Gasteiger partial charge in [0.1, 0.15) is 18.1 Å². The first-order valence-corrected chi connectivity index (χ1v) is 7.38. The molecule has 3 rings (SSSR count). The number of carbonyl (C=O) groups excluding carboxylic acids is 2.